The molecule has 4 nitrogen and oxygen atoms in total. The van der Waals surface area contributed by atoms with Crippen LogP contribution in [-0.2, 0) is 0 Å². The lowest BCUT2D eigenvalue weighted by atomic mass is 9.94. The van der Waals surface area contributed by atoms with Crippen molar-refractivity contribution in [2.45, 2.75) is 19.3 Å². The second-order valence-electron chi connectivity index (χ2n) is 6.22. The lowest BCUT2D eigenvalue weighted by Gasteiger charge is -2.28. The number of aromatic nitrogens is 2. The maximum Gasteiger partial charge on any atom is 0.223 e. The minimum absolute atomic E-state index is 0.708. The van der Waals surface area contributed by atoms with Crippen LogP contribution in [0, 0.1) is 5.92 Å². The van der Waals surface area contributed by atoms with Gasteiger partial charge < -0.3 is 10.2 Å². The van der Waals surface area contributed by atoms with Crippen LogP contribution < -0.4 is 5.32 Å². The first kappa shape index (κ1) is 16.4. The third-order valence-electron chi connectivity index (χ3n) is 4.47. The van der Waals surface area contributed by atoms with E-state index in [1.54, 1.807) is 0 Å². The number of hydrogen-bond donors (Lipinski definition) is 1. The molecule has 2 aromatic rings. The summed E-state index contributed by atoms with van der Waals surface area (Å²) in [6.45, 7) is 3.37. The summed E-state index contributed by atoms with van der Waals surface area (Å²) in [5, 5.41) is 3.38. The van der Waals surface area contributed by atoms with Crippen molar-refractivity contribution in [3.05, 3.63) is 41.0 Å². The van der Waals surface area contributed by atoms with E-state index >= 15 is 0 Å². The van der Waals surface area contributed by atoms with Crippen molar-refractivity contribution in [1.29, 1.82) is 0 Å². The van der Waals surface area contributed by atoms with Crippen molar-refractivity contribution in [2.24, 2.45) is 5.92 Å². The van der Waals surface area contributed by atoms with Crippen LogP contribution >= 0.6 is 15.9 Å². The Morgan fingerprint density at radius 3 is 2.70 bits per heavy atom. The Hall–Kier alpha value is -1.46. The monoisotopic (exact) mass is 374 g/mol. The number of nitrogens with zero attached hydrogens (tertiary/aromatic N) is 3. The molecule has 0 aliphatic carbocycles. The van der Waals surface area contributed by atoms with Gasteiger partial charge in [0, 0.05) is 18.3 Å². The van der Waals surface area contributed by atoms with E-state index in [0.717, 1.165) is 28.2 Å². The predicted molar refractivity (Wildman–Crippen MR) is 98.5 cm³/mol. The van der Waals surface area contributed by atoms with Gasteiger partial charge in [0.2, 0.25) is 5.95 Å². The number of benzene rings is 1. The molecule has 0 unspecified atom stereocenters. The predicted octanol–water partition coefficient (Wildman–Crippen LogP) is 4.05. The van der Waals surface area contributed by atoms with Gasteiger partial charge in [-0.2, -0.15) is 0 Å². The second kappa shape index (κ2) is 7.88. The highest BCUT2D eigenvalue weighted by atomic mass is 79.9. The number of rotatable bonds is 5. The van der Waals surface area contributed by atoms with Gasteiger partial charge in [-0.1, -0.05) is 30.3 Å². The van der Waals surface area contributed by atoms with Crippen LogP contribution in [0.15, 0.2) is 41.0 Å². The van der Waals surface area contributed by atoms with Gasteiger partial charge in [0.25, 0.3) is 0 Å². The highest BCUT2D eigenvalue weighted by molar-refractivity contribution is 9.10. The molecule has 1 N–H and O–H groups in total. The first-order valence-corrected chi connectivity index (χ1v) is 9.02. The third kappa shape index (κ3) is 4.52. The lowest BCUT2D eigenvalue weighted by molar-refractivity contribution is 0.215. The highest BCUT2D eigenvalue weighted by Crippen LogP contribution is 2.26. The van der Waals surface area contributed by atoms with Gasteiger partial charge in [0.05, 0.1) is 10.2 Å². The van der Waals surface area contributed by atoms with Crippen LogP contribution in [0.4, 0.5) is 5.95 Å². The summed E-state index contributed by atoms with van der Waals surface area (Å²) in [7, 11) is 2.20. The zero-order valence-corrected chi connectivity index (χ0v) is 15.1. The van der Waals surface area contributed by atoms with Gasteiger partial charge in [-0.3, -0.25) is 0 Å². The molecule has 1 saturated heterocycles. The first-order chi connectivity index (χ1) is 11.2. The lowest BCUT2D eigenvalue weighted by Crippen LogP contribution is -2.30. The molecular formula is C18H23BrN4. The molecule has 1 aromatic carbocycles. The fraction of sp³-hybridized carbons (Fsp3) is 0.444. The van der Waals surface area contributed by atoms with E-state index < -0.39 is 0 Å². The van der Waals surface area contributed by atoms with E-state index in [0.29, 0.717) is 5.95 Å². The van der Waals surface area contributed by atoms with Crippen molar-refractivity contribution >= 4 is 21.9 Å². The molecule has 1 aliphatic rings. The van der Waals surface area contributed by atoms with Gasteiger partial charge in [-0.15, -0.1) is 0 Å². The molecule has 0 radical (unpaired) electrons. The SMILES string of the molecule is CN1CCC(CCNc2ncc(Br)c(-c3ccccc3)n2)CC1. The molecule has 0 atom stereocenters. The number of hydrogen-bond acceptors (Lipinski definition) is 4. The Morgan fingerprint density at radius 1 is 1.22 bits per heavy atom. The fourth-order valence-corrected chi connectivity index (χ4v) is 3.41. The van der Waals surface area contributed by atoms with E-state index in [-0.39, 0.29) is 0 Å². The molecule has 3 rings (SSSR count). The van der Waals surface area contributed by atoms with Crippen molar-refractivity contribution in [3.8, 4) is 11.3 Å². The fourth-order valence-electron chi connectivity index (χ4n) is 2.99. The Kier molecular flexibility index (Phi) is 5.62. The summed E-state index contributed by atoms with van der Waals surface area (Å²) >= 11 is 3.55. The summed E-state index contributed by atoms with van der Waals surface area (Å²) in [5.41, 5.74) is 2.03. The quantitative estimate of drug-likeness (QED) is 0.856. The van der Waals surface area contributed by atoms with Gasteiger partial charge in [-0.05, 0) is 61.2 Å². The van der Waals surface area contributed by atoms with E-state index in [1.807, 2.05) is 24.4 Å². The smallest absolute Gasteiger partial charge is 0.223 e. The largest absolute Gasteiger partial charge is 0.354 e. The van der Waals surface area contributed by atoms with Crippen LogP contribution in [0.1, 0.15) is 19.3 Å². The number of piperidine rings is 1. The molecule has 1 aliphatic heterocycles. The molecule has 0 amide bonds. The average molecular weight is 375 g/mol. The topological polar surface area (TPSA) is 41.0 Å². The number of likely N-dealkylation sites (tertiary alicyclic amines) is 1. The summed E-state index contributed by atoms with van der Waals surface area (Å²) in [6.07, 6.45) is 5.62. The molecule has 0 spiro atoms. The number of nitrogens with one attached hydrogen (secondary N) is 1. The van der Waals surface area contributed by atoms with E-state index in [1.165, 1.54) is 32.4 Å². The summed E-state index contributed by atoms with van der Waals surface area (Å²) in [6, 6.07) is 10.2. The Morgan fingerprint density at radius 2 is 1.96 bits per heavy atom. The summed E-state index contributed by atoms with van der Waals surface area (Å²) < 4.78 is 0.921. The highest BCUT2D eigenvalue weighted by Gasteiger charge is 2.16. The third-order valence-corrected chi connectivity index (χ3v) is 5.05. The second-order valence-corrected chi connectivity index (χ2v) is 7.07. The maximum absolute atomic E-state index is 4.66. The van der Waals surface area contributed by atoms with Crippen molar-refractivity contribution in [3.63, 3.8) is 0 Å². The zero-order valence-electron chi connectivity index (χ0n) is 13.5. The number of anilines is 1. The Labute approximate surface area is 146 Å². The number of halogens is 1. The van der Waals surface area contributed by atoms with Crippen LogP contribution in [0.2, 0.25) is 0 Å². The van der Waals surface area contributed by atoms with Crippen LogP contribution in [0.5, 0.6) is 0 Å². The maximum atomic E-state index is 4.66. The van der Waals surface area contributed by atoms with Crippen LogP contribution in [-0.4, -0.2) is 41.5 Å². The van der Waals surface area contributed by atoms with Crippen molar-refractivity contribution in [2.75, 3.05) is 32.0 Å². The molecule has 1 aromatic heterocycles. The molecular weight excluding hydrogens is 352 g/mol. The minimum atomic E-state index is 0.708. The normalized spacial score (nSPS) is 16.4. The van der Waals surface area contributed by atoms with Gasteiger partial charge in [0.1, 0.15) is 0 Å². The molecule has 0 bridgehead atoms. The molecule has 1 fully saturated rings. The van der Waals surface area contributed by atoms with Gasteiger partial charge >= 0.3 is 0 Å². The van der Waals surface area contributed by atoms with Crippen LogP contribution in [0.3, 0.4) is 0 Å². The zero-order chi connectivity index (χ0) is 16.1. The first-order valence-electron chi connectivity index (χ1n) is 8.23. The Bertz CT molecular complexity index is 624. The van der Waals surface area contributed by atoms with E-state index in [9.17, 15) is 0 Å². The minimum Gasteiger partial charge on any atom is -0.354 e. The van der Waals surface area contributed by atoms with Gasteiger partial charge in [-0.25, -0.2) is 9.97 Å². The van der Waals surface area contributed by atoms with E-state index in [4.69, 9.17) is 0 Å². The molecule has 5 heteroatoms. The van der Waals surface area contributed by atoms with Gasteiger partial charge in [0.15, 0.2) is 0 Å². The Balaban J connectivity index is 1.58. The molecule has 2 heterocycles. The van der Waals surface area contributed by atoms with E-state index in [2.05, 4.69) is 55.3 Å². The molecule has 122 valence electrons. The molecule has 0 saturated carbocycles. The van der Waals surface area contributed by atoms with Crippen LogP contribution in [0.25, 0.3) is 11.3 Å². The summed E-state index contributed by atoms with van der Waals surface area (Å²) in [4.78, 5) is 11.5. The van der Waals surface area contributed by atoms with Crippen molar-refractivity contribution < 1.29 is 0 Å². The standard InChI is InChI=1S/C18H23BrN4/c1-23-11-8-14(9-12-23)7-10-20-18-21-13-16(19)17(22-18)15-5-3-2-4-6-15/h2-6,13-14H,7-12H2,1H3,(H,20,21,22). The van der Waals surface area contributed by atoms with Crippen molar-refractivity contribution in [1.82, 2.24) is 14.9 Å². The molecule has 23 heavy (non-hydrogen) atoms. The summed E-state index contributed by atoms with van der Waals surface area (Å²) in [5.74, 6) is 1.53. The average Bonchev–Trinajstić information content (AvgIpc) is 2.59.